The summed E-state index contributed by atoms with van der Waals surface area (Å²) in [4.78, 5) is 4.81. The third kappa shape index (κ3) is 2.10. The summed E-state index contributed by atoms with van der Waals surface area (Å²) in [5.41, 5.74) is 4.48. The molecule has 0 aliphatic heterocycles. The van der Waals surface area contributed by atoms with Crippen LogP contribution in [-0.4, -0.2) is 9.55 Å². The van der Waals surface area contributed by atoms with Crippen LogP contribution in [0.5, 0.6) is 0 Å². The van der Waals surface area contributed by atoms with Gasteiger partial charge < -0.3 is 4.57 Å². The number of rotatable bonds is 2. The summed E-state index contributed by atoms with van der Waals surface area (Å²) in [5, 5.41) is 0.746. The predicted molar refractivity (Wildman–Crippen MR) is 85.3 cm³/mol. The molecular formula is C17H17ClN2. The molecule has 0 amide bonds. The minimum atomic E-state index is 0.327. The Morgan fingerprint density at radius 1 is 1.10 bits per heavy atom. The number of hydrogen-bond acceptors (Lipinski definition) is 1. The van der Waals surface area contributed by atoms with Gasteiger partial charge in [-0.25, -0.2) is 4.98 Å². The molecule has 0 saturated heterocycles. The van der Waals surface area contributed by atoms with Crippen molar-refractivity contribution >= 4 is 22.6 Å². The van der Waals surface area contributed by atoms with E-state index in [4.69, 9.17) is 16.6 Å². The van der Waals surface area contributed by atoms with E-state index in [0.29, 0.717) is 6.04 Å². The smallest absolute Gasteiger partial charge is 0.141 e. The van der Waals surface area contributed by atoms with Crippen molar-refractivity contribution in [2.45, 2.75) is 26.8 Å². The monoisotopic (exact) mass is 284 g/mol. The van der Waals surface area contributed by atoms with Gasteiger partial charge in [0, 0.05) is 16.6 Å². The molecule has 0 aliphatic rings. The summed E-state index contributed by atoms with van der Waals surface area (Å²) in [6.45, 7) is 6.46. The number of halogens is 1. The van der Waals surface area contributed by atoms with Gasteiger partial charge in [0.25, 0.3) is 0 Å². The van der Waals surface area contributed by atoms with Crippen LogP contribution in [0.15, 0.2) is 42.5 Å². The quantitative estimate of drug-likeness (QED) is 0.629. The molecule has 0 fully saturated rings. The predicted octanol–water partition coefficient (Wildman–Crippen LogP) is 5.25. The summed E-state index contributed by atoms with van der Waals surface area (Å²) in [6, 6.07) is 14.5. The third-order valence-electron chi connectivity index (χ3n) is 3.55. The molecule has 2 nitrogen and oxygen atoms in total. The lowest BCUT2D eigenvalue weighted by atomic mass is 10.1. The number of imidazole rings is 1. The van der Waals surface area contributed by atoms with Crippen molar-refractivity contribution in [1.82, 2.24) is 9.55 Å². The number of fused-ring (bicyclic) bond motifs is 1. The molecule has 0 saturated carbocycles. The second-order valence-electron chi connectivity index (χ2n) is 5.35. The lowest BCUT2D eigenvalue weighted by Crippen LogP contribution is -2.03. The molecule has 1 aromatic heterocycles. The van der Waals surface area contributed by atoms with Gasteiger partial charge in [0.1, 0.15) is 5.82 Å². The van der Waals surface area contributed by atoms with Gasteiger partial charge in [-0.05, 0) is 44.5 Å². The molecule has 0 unspecified atom stereocenters. The Kier molecular flexibility index (Phi) is 3.27. The van der Waals surface area contributed by atoms with Crippen LogP contribution in [0.25, 0.3) is 22.4 Å². The highest BCUT2D eigenvalue weighted by molar-refractivity contribution is 6.31. The van der Waals surface area contributed by atoms with Crippen LogP contribution in [-0.2, 0) is 0 Å². The maximum absolute atomic E-state index is 6.14. The summed E-state index contributed by atoms with van der Waals surface area (Å²) in [7, 11) is 0. The van der Waals surface area contributed by atoms with Crippen LogP contribution >= 0.6 is 11.6 Å². The molecule has 20 heavy (non-hydrogen) atoms. The topological polar surface area (TPSA) is 17.8 Å². The Hall–Kier alpha value is -1.80. The van der Waals surface area contributed by atoms with Crippen LogP contribution in [0, 0.1) is 6.92 Å². The van der Waals surface area contributed by atoms with Crippen molar-refractivity contribution < 1.29 is 0 Å². The van der Waals surface area contributed by atoms with Crippen molar-refractivity contribution in [2.75, 3.05) is 0 Å². The Balaban J connectivity index is 2.36. The molecule has 0 spiro atoms. The number of aryl methyl sites for hydroxylation is 1. The van der Waals surface area contributed by atoms with Gasteiger partial charge in [-0.2, -0.15) is 0 Å². The minimum Gasteiger partial charge on any atom is -0.321 e. The Labute approximate surface area is 124 Å². The molecule has 102 valence electrons. The number of benzene rings is 2. The average Bonchev–Trinajstić information content (AvgIpc) is 2.77. The lowest BCUT2D eigenvalue weighted by Gasteiger charge is -2.14. The van der Waals surface area contributed by atoms with Gasteiger partial charge in [0.15, 0.2) is 0 Å². The molecule has 3 aromatic rings. The average molecular weight is 285 g/mol. The second kappa shape index (κ2) is 4.95. The highest BCUT2D eigenvalue weighted by Gasteiger charge is 2.16. The summed E-state index contributed by atoms with van der Waals surface area (Å²) in [5.74, 6) is 1.01. The fraction of sp³-hybridized carbons (Fsp3) is 0.235. The largest absolute Gasteiger partial charge is 0.321 e. The van der Waals surface area contributed by atoms with Gasteiger partial charge in [-0.1, -0.05) is 35.9 Å². The first kappa shape index (κ1) is 13.2. The maximum atomic E-state index is 6.14. The molecule has 2 aromatic carbocycles. The van der Waals surface area contributed by atoms with Crippen LogP contribution in [0.2, 0.25) is 5.02 Å². The zero-order chi connectivity index (χ0) is 14.3. The molecule has 0 atom stereocenters. The second-order valence-corrected chi connectivity index (χ2v) is 5.78. The third-order valence-corrected chi connectivity index (χ3v) is 3.79. The van der Waals surface area contributed by atoms with E-state index in [1.54, 1.807) is 0 Å². The van der Waals surface area contributed by atoms with Gasteiger partial charge in [0.2, 0.25) is 0 Å². The summed E-state index contributed by atoms with van der Waals surface area (Å²) < 4.78 is 2.25. The normalized spacial score (nSPS) is 11.4. The molecule has 0 N–H and O–H groups in total. The number of hydrogen-bond donors (Lipinski definition) is 0. The molecule has 3 heteroatoms. The van der Waals surface area contributed by atoms with E-state index in [-0.39, 0.29) is 0 Å². The van der Waals surface area contributed by atoms with Gasteiger partial charge in [0.05, 0.1) is 11.0 Å². The molecule has 0 bridgehead atoms. The van der Waals surface area contributed by atoms with E-state index < -0.39 is 0 Å². The Morgan fingerprint density at radius 2 is 1.85 bits per heavy atom. The fourth-order valence-corrected chi connectivity index (χ4v) is 2.77. The first-order valence-corrected chi connectivity index (χ1v) is 7.19. The van der Waals surface area contributed by atoms with E-state index >= 15 is 0 Å². The lowest BCUT2D eigenvalue weighted by molar-refractivity contribution is 0.624. The molecule has 3 rings (SSSR count). The first-order chi connectivity index (χ1) is 9.58. The van der Waals surface area contributed by atoms with Crippen molar-refractivity contribution in [2.24, 2.45) is 0 Å². The highest BCUT2D eigenvalue weighted by Crippen LogP contribution is 2.31. The summed E-state index contributed by atoms with van der Waals surface area (Å²) in [6.07, 6.45) is 0. The summed E-state index contributed by atoms with van der Waals surface area (Å²) >= 11 is 6.14. The van der Waals surface area contributed by atoms with E-state index in [0.717, 1.165) is 21.9 Å². The van der Waals surface area contributed by atoms with Crippen molar-refractivity contribution in [1.29, 1.82) is 0 Å². The van der Waals surface area contributed by atoms with E-state index in [2.05, 4.69) is 49.6 Å². The Morgan fingerprint density at radius 3 is 2.55 bits per heavy atom. The zero-order valence-electron chi connectivity index (χ0n) is 11.9. The number of aromatic nitrogens is 2. The van der Waals surface area contributed by atoms with Crippen molar-refractivity contribution in [3.63, 3.8) is 0 Å². The molecular weight excluding hydrogens is 268 g/mol. The van der Waals surface area contributed by atoms with Gasteiger partial charge >= 0.3 is 0 Å². The van der Waals surface area contributed by atoms with E-state index in [1.165, 1.54) is 11.1 Å². The van der Waals surface area contributed by atoms with Crippen molar-refractivity contribution in [3.05, 3.63) is 53.1 Å². The van der Waals surface area contributed by atoms with E-state index in [9.17, 15) is 0 Å². The van der Waals surface area contributed by atoms with Gasteiger partial charge in [-0.15, -0.1) is 0 Å². The first-order valence-electron chi connectivity index (χ1n) is 6.81. The number of nitrogens with zero attached hydrogens (tertiary/aromatic N) is 2. The zero-order valence-corrected chi connectivity index (χ0v) is 12.6. The fourth-order valence-electron chi connectivity index (χ4n) is 2.60. The maximum Gasteiger partial charge on any atom is 0.141 e. The molecule has 0 radical (unpaired) electrons. The van der Waals surface area contributed by atoms with Crippen LogP contribution < -0.4 is 0 Å². The standard InChI is InChI=1S/C17H17ClN2/c1-11(2)20-16-10-13(18)8-9-15(16)19-17(20)14-7-5-4-6-12(14)3/h4-11H,1-3H3. The SMILES string of the molecule is Cc1ccccc1-c1nc2ccc(Cl)cc2n1C(C)C. The minimum absolute atomic E-state index is 0.327. The van der Waals surface area contributed by atoms with Gasteiger partial charge in [-0.3, -0.25) is 0 Å². The van der Waals surface area contributed by atoms with Crippen LogP contribution in [0.1, 0.15) is 25.5 Å². The van der Waals surface area contributed by atoms with Crippen LogP contribution in [0.4, 0.5) is 0 Å². The Bertz CT molecular complexity index is 772. The van der Waals surface area contributed by atoms with Crippen molar-refractivity contribution in [3.8, 4) is 11.4 Å². The highest BCUT2D eigenvalue weighted by atomic mass is 35.5. The molecule has 0 aliphatic carbocycles. The van der Waals surface area contributed by atoms with Crippen LogP contribution in [0.3, 0.4) is 0 Å². The van der Waals surface area contributed by atoms with E-state index in [1.807, 2.05) is 18.2 Å². The molecule has 1 heterocycles.